The Labute approximate surface area is 159 Å². The molecule has 5 nitrogen and oxygen atoms in total. The second-order valence-corrected chi connectivity index (χ2v) is 6.58. The summed E-state index contributed by atoms with van der Waals surface area (Å²) in [5.41, 5.74) is 2.80. The number of hydrogen-bond acceptors (Lipinski definition) is 3. The number of carbonyl (C=O) groups is 2. The van der Waals surface area contributed by atoms with Crippen molar-refractivity contribution in [3.63, 3.8) is 0 Å². The summed E-state index contributed by atoms with van der Waals surface area (Å²) >= 11 is 6.07. The fourth-order valence-electron chi connectivity index (χ4n) is 2.33. The number of rotatable bonds is 7. The van der Waals surface area contributed by atoms with Gasteiger partial charge in [0, 0.05) is 28.0 Å². The topological polar surface area (TPSA) is 70.2 Å². The number of amides is 2. The normalized spacial score (nSPS) is 11.5. The maximum absolute atomic E-state index is 12.2. The van der Waals surface area contributed by atoms with Crippen LogP contribution in [-0.2, 0) is 4.79 Å². The average molecular weight is 374 g/mol. The number of hydrogen-bond donors (Lipinski definition) is 3. The van der Waals surface area contributed by atoms with E-state index in [1.54, 1.807) is 30.3 Å². The van der Waals surface area contributed by atoms with Crippen molar-refractivity contribution < 1.29 is 9.59 Å². The van der Waals surface area contributed by atoms with Crippen molar-refractivity contribution in [1.29, 1.82) is 0 Å². The molecule has 6 heteroatoms. The molecule has 0 aliphatic carbocycles. The Kier molecular flexibility index (Phi) is 7.04. The first-order valence-corrected chi connectivity index (χ1v) is 8.98. The van der Waals surface area contributed by atoms with Crippen LogP contribution in [0.15, 0.2) is 42.5 Å². The van der Waals surface area contributed by atoms with Gasteiger partial charge < -0.3 is 16.0 Å². The van der Waals surface area contributed by atoms with E-state index in [4.69, 9.17) is 11.6 Å². The number of halogens is 1. The first kappa shape index (κ1) is 19.8. The highest BCUT2D eigenvalue weighted by Gasteiger charge is 2.10. The van der Waals surface area contributed by atoms with Crippen LogP contribution in [0.2, 0.25) is 5.02 Å². The van der Waals surface area contributed by atoms with Gasteiger partial charge in [-0.25, -0.2) is 0 Å². The van der Waals surface area contributed by atoms with E-state index in [9.17, 15) is 9.59 Å². The molecule has 26 heavy (non-hydrogen) atoms. The van der Waals surface area contributed by atoms with Gasteiger partial charge in [-0.2, -0.15) is 0 Å². The summed E-state index contributed by atoms with van der Waals surface area (Å²) in [5.74, 6) is -0.355. The van der Waals surface area contributed by atoms with Gasteiger partial charge in [-0.3, -0.25) is 9.59 Å². The minimum Gasteiger partial charge on any atom is -0.376 e. The smallest absolute Gasteiger partial charge is 0.251 e. The summed E-state index contributed by atoms with van der Waals surface area (Å²) in [5, 5.41) is 9.42. The first-order chi connectivity index (χ1) is 12.4. The van der Waals surface area contributed by atoms with Crippen LogP contribution in [0.4, 0.5) is 11.4 Å². The zero-order valence-electron chi connectivity index (χ0n) is 15.2. The molecule has 0 bridgehead atoms. The number of carbonyl (C=O) groups excluding carboxylic acids is 2. The van der Waals surface area contributed by atoms with Crippen molar-refractivity contribution in [2.45, 2.75) is 33.2 Å². The maximum atomic E-state index is 12.2. The molecular formula is C20H24ClN3O2. The molecule has 2 amide bonds. The molecule has 0 saturated heterocycles. The van der Waals surface area contributed by atoms with Crippen molar-refractivity contribution in [3.05, 3.63) is 58.6 Å². The Morgan fingerprint density at radius 2 is 1.88 bits per heavy atom. The van der Waals surface area contributed by atoms with E-state index in [1.165, 1.54) is 0 Å². The Balaban J connectivity index is 1.95. The van der Waals surface area contributed by atoms with Crippen molar-refractivity contribution in [2.24, 2.45) is 0 Å². The van der Waals surface area contributed by atoms with E-state index in [-0.39, 0.29) is 24.4 Å². The molecule has 0 radical (unpaired) electrons. The quantitative estimate of drug-likeness (QED) is 0.680. The molecule has 138 valence electrons. The fourth-order valence-corrected chi connectivity index (χ4v) is 2.50. The molecule has 0 saturated carbocycles. The molecule has 0 aromatic heterocycles. The highest BCUT2D eigenvalue weighted by Crippen LogP contribution is 2.22. The Hall–Kier alpha value is -2.53. The van der Waals surface area contributed by atoms with Crippen LogP contribution in [0.5, 0.6) is 0 Å². The molecule has 2 aromatic carbocycles. The minimum atomic E-state index is -0.205. The van der Waals surface area contributed by atoms with Gasteiger partial charge in [0.25, 0.3) is 5.91 Å². The van der Waals surface area contributed by atoms with Crippen molar-refractivity contribution >= 4 is 34.8 Å². The Morgan fingerprint density at radius 3 is 2.62 bits per heavy atom. The zero-order chi connectivity index (χ0) is 19.1. The fraction of sp³-hybridized carbons (Fsp3) is 0.300. The van der Waals surface area contributed by atoms with Crippen LogP contribution < -0.4 is 16.0 Å². The molecule has 2 aromatic rings. The van der Waals surface area contributed by atoms with Gasteiger partial charge >= 0.3 is 0 Å². The van der Waals surface area contributed by atoms with Crippen molar-refractivity contribution in [3.8, 4) is 0 Å². The number of anilines is 2. The summed E-state index contributed by atoms with van der Waals surface area (Å²) in [7, 11) is 0. The summed E-state index contributed by atoms with van der Waals surface area (Å²) in [6, 6.07) is 12.5. The molecule has 0 aliphatic rings. The van der Waals surface area contributed by atoms with Gasteiger partial charge in [-0.15, -0.1) is 0 Å². The molecule has 1 unspecified atom stereocenters. The lowest BCUT2D eigenvalue weighted by Gasteiger charge is -2.13. The summed E-state index contributed by atoms with van der Waals surface area (Å²) in [6.45, 7) is 5.95. The molecule has 0 heterocycles. The molecule has 2 rings (SSSR count). The van der Waals surface area contributed by atoms with Crippen LogP contribution >= 0.6 is 11.6 Å². The lowest BCUT2D eigenvalue weighted by molar-refractivity contribution is -0.114. The van der Waals surface area contributed by atoms with Gasteiger partial charge in [0.1, 0.15) is 0 Å². The zero-order valence-corrected chi connectivity index (χ0v) is 16.0. The molecule has 1 atom stereocenters. The monoisotopic (exact) mass is 373 g/mol. The van der Waals surface area contributed by atoms with Gasteiger partial charge in [0.2, 0.25) is 5.91 Å². The van der Waals surface area contributed by atoms with E-state index >= 15 is 0 Å². The molecule has 3 N–H and O–H groups in total. The molecular weight excluding hydrogens is 350 g/mol. The maximum Gasteiger partial charge on any atom is 0.251 e. The van der Waals surface area contributed by atoms with Gasteiger partial charge in [-0.1, -0.05) is 30.7 Å². The van der Waals surface area contributed by atoms with E-state index < -0.39 is 0 Å². The van der Waals surface area contributed by atoms with Crippen LogP contribution in [0.3, 0.4) is 0 Å². The summed E-state index contributed by atoms with van der Waals surface area (Å²) < 4.78 is 0. The van der Waals surface area contributed by atoms with Crippen LogP contribution in [-0.4, -0.2) is 24.4 Å². The van der Waals surface area contributed by atoms with Gasteiger partial charge in [0.05, 0.1) is 6.54 Å². The van der Waals surface area contributed by atoms with Gasteiger partial charge in [-0.05, 0) is 56.2 Å². The number of nitrogens with one attached hydrogen (secondary N) is 3. The van der Waals surface area contributed by atoms with Crippen LogP contribution in [0.1, 0.15) is 36.2 Å². The third-order valence-corrected chi connectivity index (χ3v) is 4.51. The lowest BCUT2D eigenvalue weighted by Crippen LogP contribution is -2.32. The predicted molar refractivity (Wildman–Crippen MR) is 107 cm³/mol. The van der Waals surface area contributed by atoms with E-state index in [0.717, 1.165) is 17.7 Å². The van der Waals surface area contributed by atoms with E-state index in [1.807, 2.05) is 32.9 Å². The first-order valence-electron chi connectivity index (χ1n) is 8.60. The SMILES string of the molecule is CCC(C)NC(=O)c1cccc(NC(=O)CNc2cccc(Cl)c2C)c1. The van der Waals surface area contributed by atoms with Crippen LogP contribution in [0, 0.1) is 6.92 Å². The largest absolute Gasteiger partial charge is 0.376 e. The number of benzene rings is 2. The van der Waals surface area contributed by atoms with Crippen LogP contribution in [0.25, 0.3) is 0 Å². The standard InChI is InChI=1S/C20H24ClN3O2/c1-4-13(2)23-20(26)15-7-5-8-16(11-15)24-19(25)12-22-18-10-6-9-17(21)14(18)3/h5-11,13,22H,4,12H2,1-3H3,(H,23,26)(H,24,25). The Morgan fingerprint density at radius 1 is 1.15 bits per heavy atom. The van der Waals surface area contributed by atoms with Crippen molar-refractivity contribution in [1.82, 2.24) is 5.32 Å². The third kappa shape index (κ3) is 5.49. The molecule has 0 spiro atoms. The summed E-state index contributed by atoms with van der Waals surface area (Å²) in [4.78, 5) is 24.4. The highest BCUT2D eigenvalue weighted by molar-refractivity contribution is 6.31. The Bertz CT molecular complexity index is 792. The predicted octanol–water partition coefficient (Wildman–Crippen LogP) is 4.23. The summed E-state index contributed by atoms with van der Waals surface area (Å²) in [6.07, 6.45) is 0.858. The lowest BCUT2D eigenvalue weighted by atomic mass is 10.1. The van der Waals surface area contributed by atoms with E-state index in [2.05, 4.69) is 16.0 Å². The molecule has 0 aliphatic heterocycles. The average Bonchev–Trinajstić information content (AvgIpc) is 2.63. The van der Waals surface area contributed by atoms with E-state index in [0.29, 0.717) is 16.3 Å². The second-order valence-electron chi connectivity index (χ2n) is 6.18. The minimum absolute atomic E-state index is 0.102. The van der Waals surface area contributed by atoms with Crippen molar-refractivity contribution in [2.75, 3.05) is 17.2 Å². The second kappa shape index (κ2) is 9.25. The third-order valence-electron chi connectivity index (χ3n) is 4.11. The highest BCUT2D eigenvalue weighted by atomic mass is 35.5. The van der Waals surface area contributed by atoms with Gasteiger partial charge in [0.15, 0.2) is 0 Å². The molecule has 0 fully saturated rings.